The van der Waals surface area contributed by atoms with Crippen molar-refractivity contribution in [1.82, 2.24) is 15.1 Å². The van der Waals surface area contributed by atoms with Crippen molar-refractivity contribution in [2.45, 2.75) is 45.1 Å². The number of hydrogen-bond donors (Lipinski definition) is 1. The van der Waals surface area contributed by atoms with E-state index in [0.29, 0.717) is 16.5 Å². The summed E-state index contributed by atoms with van der Waals surface area (Å²) in [5, 5.41) is 2.23. The van der Waals surface area contributed by atoms with Gasteiger partial charge in [-0.15, -0.1) is 0 Å². The predicted octanol–water partition coefficient (Wildman–Crippen LogP) is 1.40. The molecule has 4 aliphatic heterocycles. The molecule has 1 spiro atoms. The zero-order valence-electron chi connectivity index (χ0n) is 17.9. The molecule has 8 heteroatoms. The first-order chi connectivity index (χ1) is 14.9. The van der Waals surface area contributed by atoms with Crippen molar-refractivity contribution >= 4 is 29.3 Å². The van der Waals surface area contributed by atoms with E-state index in [-0.39, 0.29) is 18.7 Å². The number of carbonyl (C=O) groups is 4. The standard InChI is InChI=1S/C23H28N4O4/c1-2-25-10-7-23(8-11-25)9-12-26(14-23)15-3-4-16-17(13-15)22(31)27(21(16)30)18-5-6-19(28)24-20(18)29/h3-4,13,18H,2,5-12,14H2,1H3,(H,24,28,29). The van der Waals surface area contributed by atoms with Crippen molar-refractivity contribution in [2.75, 3.05) is 37.6 Å². The van der Waals surface area contributed by atoms with Crippen LogP contribution in [0.15, 0.2) is 18.2 Å². The third kappa shape index (κ3) is 3.33. The molecule has 1 atom stereocenters. The Hall–Kier alpha value is -2.74. The highest BCUT2D eigenvalue weighted by atomic mass is 16.2. The molecule has 4 amide bonds. The topological polar surface area (TPSA) is 90.0 Å². The quantitative estimate of drug-likeness (QED) is 0.738. The maximum atomic E-state index is 13.1. The molecule has 0 radical (unpaired) electrons. The number of anilines is 1. The van der Waals surface area contributed by atoms with E-state index < -0.39 is 23.8 Å². The molecule has 164 valence electrons. The molecule has 0 aromatic heterocycles. The molecular weight excluding hydrogens is 396 g/mol. The fourth-order valence-corrected chi connectivity index (χ4v) is 5.56. The van der Waals surface area contributed by atoms with E-state index >= 15 is 0 Å². The van der Waals surface area contributed by atoms with Gasteiger partial charge in [0.25, 0.3) is 11.8 Å². The molecule has 1 aromatic rings. The number of nitrogens with one attached hydrogen (secondary N) is 1. The maximum absolute atomic E-state index is 13.1. The van der Waals surface area contributed by atoms with Gasteiger partial charge >= 0.3 is 0 Å². The third-order valence-corrected chi connectivity index (χ3v) is 7.59. The smallest absolute Gasteiger partial charge is 0.262 e. The first-order valence-corrected chi connectivity index (χ1v) is 11.2. The highest BCUT2D eigenvalue weighted by Crippen LogP contribution is 2.42. The Balaban J connectivity index is 1.34. The molecule has 31 heavy (non-hydrogen) atoms. The molecule has 1 unspecified atom stereocenters. The van der Waals surface area contributed by atoms with E-state index in [0.717, 1.165) is 49.7 Å². The first-order valence-electron chi connectivity index (χ1n) is 11.2. The van der Waals surface area contributed by atoms with Gasteiger partial charge in [-0.3, -0.25) is 29.4 Å². The van der Waals surface area contributed by atoms with E-state index in [2.05, 4.69) is 22.0 Å². The number of nitrogens with zero attached hydrogens (tertiary/aromatic N) is 3. The fraction of sp³-hybridized carbons (Fsp3) is 0.565. The Morgan fingerprint density at radius 1 is 1.00 bits per heavy atom. The van der Waals surface area contributed by atoms with Crippen LogP contribution in [0.4, 0.5) is 5.69 Å². The SMILES string of the molecule is CCN1CCC2(CC1)CCN(c1ccc3c(c1)C(=O)N(C1CCC(=O)NC1=O)C3=O)C2. The second kappa shape index (κ2) is 7.44. The summed E-state index contributed by atoms with van der Waals surface area (Å²) in [6.45, 7) is 7.52. The summed E-state index contributed by atoms with van der Waals surface area (Å²) in [6.07, 6.45) is 3.84. The second-order valence-corrected chi connectivity index (χ2v) is 9.28. The minimum absolute atomic E-state index is 0.125. The van der Waals surface area contributed by atoms with Crippen LogP contribution in [0.3, 0.4) is 0 Å². The number of imide groups is 2. The van der Waals surface area contributed by atoms with E-state index in [1.807, 2.05) is 12.1 Å². The van der Waals surface area contributed by atoms with Crippen LogP contribution in [-0.4, -0.2) is 72.2 Å². The molecular formula is C23H28N4O4. The Morgan fingerprint density at radius 3 is 2.42 bits per heavy atom. The van der Waals surface area contributed by atoms with E-state index in [4.69, 9.17) is 0 Å². The largest absolute Gasteiger partial charge is 0.371 e. The number of rotatable bonds is 3. The lowest BCUT2D eigenvalue weighted by Gasteiger charge is -2.39. The molecule has 8 nitrogen and oxygen atoms in total. The number of hydrogen-bond acceptors (Lipinski definition) is 6. The highest BCUT2D eigenvalue weighted by molar-refractivity contribution is 6.23. The average Bonchev–Trinajstić information content (AvgIpc) is 3.28. The van der Waals surface area contributed by atoms with Gasteiger partial charge in [0.2, 0.25) is 11.8 Å². The van der Waals surface area contributed by atoms with Crippen LogP contribution >= 0.6 is 0 Å². The van der Waals surface area contributed by atoms with E-state index in [9.17, 15) is 19.2 Å². The minimum Gasteiger partial charge on any atom is -0.371 e. The number of piperidine rings is 2. The highest BCUT2D eigenvalue weighted by Gasteiger charge is 2.45. The second-order valence-electron chi connectivity index (χ2n) is 9.28. The third-order valence-electron chi connectivity index (χ3n) is 7.59. The normalized spacial score (nSPS) is 26.0. The van der Waals surface area contributed by atoms with Gasteiger partial charge in [-0.05, 0) is 68.9 Å². The number of benzene rings is 1. The van der Waals surface area contributed by atoms with Crippen LogP contribution in [0.25, 0.3) is 0 Å². The minimum atomic E-state index is -0.924. The molecule has 0 bridgehead atoms. The van der Waals surface area contributed by atoms with Crippen molar-refractivity contribution in [3.63, 3.8) is 0 Å². The van der Waals surface area contributed by atoms with Crippen molar-refractivity contribution in [3.8, 4) is 0 Å². The number of likely N-dealkylation sites (tertiary alicyclic amines) is 1. The van der Waals surface area contributed by atoms with Gasteiger partial charge in [0, 0.05) is 25.2 Å². The molecule has 0 saturated carbocycles. The van der Waals surface area contributed by atoms with Crippen molar-refractivity contribution in [3.05, 3.63) is 29.3 Å². The van der Waals surface area contributed by atoms with Crippen LogP contribution < -0.4 is 10.2 Å². The maximum Gasteiger partial charge on any atom is 0.262 e. The van der Waals surface area contributed by atoms with Gasteiger partial charge in [-0.25, -0.2) is 0 Å². The number of amides is 4. The van der Waals surface area contributed by atoms with E-state index in [1.165, 1.54) is 12.8 Å². The Labute approximate surface area is 181 Å². The van der Waals surface area contributed by atoms with Crippen molar-refractivity contribution < 1.29 is 19.2 Å². The van der Waals surface area contributed by atoms with Crippen LogP contribution in [-0.2, 0) is 9.59 Å². The molecule has 3 saturated heterocycles. The summed E-state index contributed by atoms with van der Waals surface area (Å²) < 4.78 is 0. The molecule has 1 aromatic carbocycles. The summed E-state index contributed by atoms with van der Waals surface area (Å²) in [7, 11) is 0. The number of fused-ring (bicyclic) bond motifs is 1. The summed E-state index contributed by atoms with van der Waals surface area (Å²) in [5.74, 6) is -1.84. The molecule has 1 N–H and O–H groups in total. The van der Waals surface area contributed by atoms with Gasteiger partial charge in [-0.1, -0.05) is 6.92 Å². The lowest BCUT2D eigenvalue weighted by molar-refractivity contribution is -0.136. The Morgan fingerprint density at radius 2 is 1.71 bits per heavy atom. The van der Waals surface area contributed by atoms with Gasteiger partial charge in [0.05, 0.1) is 11.1 Å². The molecule has 5 rings (SSSR count). The van der Waals surface area contributed by atoms with Gasteiger partial charge in [0.1, 0.15) is 6.04 Å². The summed E-state index contributed by atoms with van der Waals surface area (Å²) in [4.78, 5) is 55.5. The fourth-order valence-electron chi connectivity index (χ4n) is 5.56. The van der Waals surface area contributed by atoms with Gasteiger partial charge in [0.15, 0.2) is 0 Å². The van der Waals surface area contributed by atoms with E-state index in [1.54, 1.807) is 6.07 Å². The number of carbonyl (C=O) groups excluding carboxylic acids is 4. The van der Waals surface area contributed by atoms with Crippen molar-refractivity contribution in [2.24, 2.45) is 5.41 Å². The van der Waals surface area contributed by atoms with Crippen LogP contribution in [0.5, 0.6) is 0 Å². The molecule has 4 heterocycles. The van der Waals surface area contributed by atoms with Crippen LogP contribution in [0.1, 0.15) is 59.7 Å². The lowest BCUT2D eigenvalue weighted by atomic mass is 9.78. The lowest BCUT2D eigenvalue weighted by Crippen LogP contribution is -2.54. The summed E-state index contributed by atoms with van der Waals surface area (Å²) in [5.41, 5.74) is 1.99. The zero-order chi connectivity index (χ0) is 21.8. The summed E-state index contributed by atoms with van der Waals surface area (Å²) >= 11 is 0. The average molecular weight is 425 g/mol. The first kappa shape index (κ1) is 20.2. The predicted molar refractivity (Wildman–Crippen MR) is 114 cm³/mol. The Bertz CT molecular complexity index is 966. The zero-order valence-corrected chi connectivity index (χ0v) is 17.9. The Kier molecular flexibility index (Phi) is 4.84. The van der Waals surface area contributed by atoms with Gasteiger partial charge < -0.3 is 9.80 Å². The van der Waals surface area contributed by atoms with Crippen molar-refractivity contribution in [1.29, 1.82) is 0 Å². The molecule has 0 aliphatic carbocycles. The molecule has 3 fully saturated rings. The molecule has 4 aliphatic rings. The van der Waals surface area contributed by atoms with Gasteiger partial charge in [-0.2, -0.15) is 0 Å². The van der Waals surface area contributed by atoms with Crippen LogP contribution in [0.2, 0.25) is 0 Å². The summed E-state index contributed by atoms with van der Waals surface area (Å²) in [6, 6.07) is 4.51. The van der Waals surface area contributed by atoms with Crippen LogP contribution in [0, 0.1) is 5.41 Å². The monoisotopic (exact) mass is 424 g/mol.